The van der Waals surface area contributed by atoms with E-state index in [-0.39, 0.29) is 11.7 Å². The summed E-state index contributed by atoms with van der Waals surface area (Å²) in [5, 5.41) is 14.7. The molecule has 1 heterocycles. The number of carboxylic acids is 1. The molecular formula is C12H11F3N3O5S-. The molecule has 0 spiro atoms. The summed E-state index contributed by atoms with van der Waals surface area (Å²) in [6, 6.07) is 1.84. The molecule has 1 aromatic rings. The molecule has 0 radical (unpaired) electrons. The Morgan fingerprint density at radius 1 is 1.38 bits per heavy atom. The van der Waals surface area contributed by atoms with Gasteiger partial charge in [0.2, 0.25) is 0 Å². The van der Waals surface area contributed by atoms with Crippen LogP contribution in [0.3, 0.4) is 0 Å². The van der Waals surface area contributed by atoms with Crippen LogP contribution in [0.4, 0.5) is 23.8 Å². The van der Waals surface area contributed by atoms with Crippen molar-refractivity contribution in [3.63, 3.8) is 0 Å². The molecule has 0 saturated carbocycles. The molecule has 2 N–H and O–H groups in total. The highest BCUT2D eigenvalue weighted by Gasteiger charge is 2.29. The first-order valence-electron chi connectivity index (χ1n) is 6.29. The average molecular weight is 366 g/mol. The third kappa shape index (κ3) is 6.64. The van der Waals surface area contributed by atoms with Crippen molar-refractivity contribution in [1.29, 1.82) is 0 Å². The number of aromatic nitrogens is 1. The minimum absolute atomic E-state index is 0.0623. The van der Waals surface area contributed by atoms with Gasteiger partial charge in [-0.1, -0.05) is 0 Å². The maximum absolute atomic E-state index is 12.2. The molecular weight excluding hydrogens is 355 g/mol. The summed E-state index contributed by atoms with van der Waals surface area (Å²) < 4.78 is 45.8. The van der Waals surface area contributed by atoms with Gasteiger partial charge in [0, 0.05) is 0 Å². The topological polar surface area (TPSA) is 113 Å². The minimum Gasteiger partial charge on any atom is -0.543 e. The van der Waals surface area contributed by atoms with Gasteiger partial charge in [-0.05, 0) is 31.3 Å². The maximum atomic E-state index is 12.2. The van der Waals surface area contributed by atoms with Gasteiger partial charge >= 0.3 is 12.3 Å². The number of halogens is 3. The Kier molecular flexibility index (Phi) is 6.70. The Bertz CT molecular complexity index is 639. The average Bonchev–Trinajstić information content (AvgIpc) is 2.44. The van der Waals surface area contributed by atoms with Gasteiger partial charge in [-0.3, -0.25) is 5.32 Å². The number of nitrogens with one attached hydrogen (secondary N) is 2. The highest BCUT2D eigenvalue weighted by atomic mass is 32.1. The number of thiocarbonyl (C=S) groups is 1. The fraction of sp³-hybridized carbons (Fsp3) is 0.333. The molecule has 0 saturated heterocycles. The highest BCUT2D eigenvalue weighted by Crippen LogP contribution is 2.25. The van der Waals surface area contributed by atoms with Crippen molar-refractivity contribution < 1.29 is 37.3 Å². The molecule has 8 nitrogen and oxygen atoms in total. The van der Waals surface area contributed by atoms with Crippen molar-refractivity contribution >= 4 is 35.2 Å². The Balaban J connectivity index is 2.94. The van der Waals surface area contributed by atoms with Gasteiger partial charge in [0.05, 0.1) is 18.3 Å². The lowest BCUT2D eigenvalue weighted by Gasteiger charge is -2.15. The normalized spacial score (nSPS) is 10.7. The van der Waals surface area contributed by atoms with E-state index in [1.807, 2.05) is 0 Å². The molecule has 1 aromatic heterocycles. The molecule has 0 aliphatic rings. The summed E-state index contributed by atoms with van der Waals surface area (Å²) in [6.07, 6.45) is -5.53. The van der Waals surface area contributed by atoms with Crippen molar-refractivity contribution in [2.24, 2.45) is 0 Å². The number of alkyl carbamates (subject to hydrolysis) is 1. The Labute approximate surface area is 139 Å². The number of hydrogen-bond acceptors (Lipinski definition) is 7. The van der Waals surface area contributed by atoms with E-state index in [9.17, 15) is 27.9 Å². The molecule has 0 atom stereocenters. The molecule has 12 heteroatoms. The molecule has 0 aliphatic heterocycles. The lowest BCUT2D eigenvalue weighted by atomic mass is 10.3. The van der Waals surface area contributed by atoms with Crippen molar-refractivity contribution in [2.45, 2.75) is 13.1 Å². The third-order valence-corrected chi connectivity index (χ3v) is 2.39. The number of aromatic carboxylic acids is 1. The smallest absolute Gasteiger partial charge is 0.422 e. The number of carbonyl (C=O) groups is 2. The van der Waals surface area contributed by atoms with Crippen LogP contribution in [0.25, 0.3) is 0 Å². The summed E-state index contributed by atoms with van der Waals surface area (Å²) in [4.78, 5) is 25.5. The van der Waals surface area contributed by atoms with Crippen LogP contribution in [0.5, 0.6) is 5.75 Å². The second-order valence-corrected chi connectivity index (χ2v) is 4.44. The van der Waals surface area contributed by atoms with E-state index in [4.69, 9.17) is 12.2 Å². The van der Waals surface area contributed by atoms with Crippen LogP contribution in [0.15, 0.2) is 12.1 Å². The van der Waals surface area contributed by atoms with Gasteiger partial charge in [0.15, 0.2) is 23.3 Å². The van der Waals surface area contributed by atoms with Crippen LogP contribution in [-0.2, 0) is 4.74 Å². The zero-order valence-corrected chi connectivity index (χ0v) is 12.9. The van der Waals surface area contributed by atoms with E-state index in [1.165, 1.54) is 0 Å². The molecule has 0 aliphatic carbocycles. The quantitative estimate of drug-likeness (QED) is 0.737. The van der Waals surface area contributed by atoms with Gasteiger partial charge < -0.3 is 24.7 Å². The molecule has 0 bridgehead atoms. The molecule has 24 heavy (non-hydrogen) atoms. The Morgan fingerprint density at radius 2 is 2.04 bits per heavy atom. The van der Waals surface area contributed by atoms with Gasteiger partial charge in [-0.15, -0.1) is 0 Å². The highest BCUT2D eigenvalue weighted by molar-refractivity contribution is 7.80. The standard InChI is InChI=1S/C12H12F3N3O5S/c1-2-22-11(21)18-10(24)17-8-7(23-5-12(13,14)15)4-3-6(16-8)9(19)20/h3-4H,2,5H2,1H3,(H,19,20)(H2,16,17,18,21,24)/p-1. The summed E-state index contributed by atoms with van der Waals surface area (Å²) in [5.74, 6) is -2.53. The Morgan fingerprint density at radius 3 is 2.58 bits per heavy atom. The number of amides is 1. The number of pyridine rings is 1. The van der Waals surface area contributed by atoms with E-state index in [0.717, 1.165) is 12.1 Å². The zero-order valence-electron chi connectivity index (χ0n) is 12.1. The second kappa shape index (κ2) is 8.29. The minimum atomic E-state index is -4.62. The fourth-order valence-electron chi connectivity index (χ4n) is 1.32. The van der Waals surface area contributed by atoms with Gasteiger partial charge in [-0.2, -0.15) is 13.2 Å². The van der Waals surface area contributed by atoms with Gasteiger partial charge in [0.25, 0.3) is 0 Å². The predicted octanol–water partition coefficient (Wildman–Crippen LogP) is 0.829. The van der Waals surface area contributed by atoms with Crippen molar-refractivity contribution in [3.05, 3.63) is 17.8 Å². The fourth-order valence-corrected chi connectivity index (χ4v) is 1.50. The summed E-state index contributed by atoms with van der Waals surface area (Å²) in [6.45, 7) is -0.0249. The molecule has 0 unspecified atom stereocenters. The number of anilines is 1. The first-order chi connectivity index (χ1) is 11.1. The van der Waals surface area contributed by atoms with Crippen LogP contribution >= 0.6 is 12.2 Å². The van der Waals surface area contributed by atoms with E-state index in [0.29, 0.717) is 0 Å². The number of alkyl halides is 3. The van der Waals surface area contributed by atoms with E-state index in [2.05, 4.69) is 25.1 Å². The zero-order chi connectivity index (χ0) is 18.3. The first kappa shape index (κ1) is 19.4. The van der Waals surface area contributed by atoms with Crippen LogP contribution < -0.4 is 20.5 Å². The van der Waals surface area contributed by atoms with Crippen molar-refractivity contribution in [1.82, 2.24) is 10.3 Å². The van der Waals surface area contributed by atoms with Crippen LogP contribution in [0, 0.1) is 0 Å². The molecule has 0 fully saturated rings. The lowest BCUT2D eigenvalue weighted by Crippen LogP contribution is -2.35. The number of carbonyl (C=O) groups excluding carboxylic acids is 2. The van der Waals surface area contributed by atoms with Crippen LogP contribution in [-0.4, -0.2) is 41.5 Å². The first-order valence-corrected chi connectivity index (χ1v) is 6.70. The molecule has 0 aromatic carbocycles. The largest absolute Gasteiger partial charge is 0.543 e. The van der Waals surface area contributed by atoms with E-state index >= 15 is 0 Å². The molecule has 132 valence electrons. The van der Waals surface area contributed by atoms with Gasteiger partial charge in [0.1, 0.15) is 0 Å². The predicted molar refractivity (Wildman–Crippen MR) is 76.5 cm³/mol. The summed E-state index contributed by atoms with van der Waals surface area (Å²) in [7, 11) is 0. The third-order valence-electron chi connectivity index (χ3n) is 2.18. The van der Waals surface area contributed by atoms with Crippen LogP contribution in [0.2, 0.25) is 0 Å². The number of carboxylic acid groups (broad SMARTS) is 1. The number of hydrogen-bond donors (Lipinski definition) is 2. The van der Waals surface area contributed by atoms with E-state index < -0.39 is 42.1 Å². The summed E-state index contributed by atoms with van der Waals surface area (Å²) >= 11 is 4.75. The number of rotatable bonds is 5. The molecule has 1 rings (SSSR count). The molecule has 1 amide bonds. The SMILES string of the molecule is CCOC(=O)NC(=S)Nc1nc(C(=O)[O-])ccc1OCC(F)(F)F. The lowest BCUT2D eigenvalue weighted by molar-refractivity contribution is -0.255. The summed E-state index contributed by atoms with van der Waals surface area (Å²) in [5.41, 5.74) is -0.573. The van der Waals surface area contributed by atoms with E-state index in [1.54, 1.807) is 6.92 Å². The second-order valence-electron chi connectivity index (χ2n) is 4.03. The van der Waals surface area contributed by atoms with Crippen LogP contribution in [0.1, 0.15) is 17.4 Å². The number of nitrogens with zero attached hydrogens (tertiary/aromatic N) is 1. The van der Waals surface area contributed by atoms with Crippen molar-refractivity contribution in [2.75, 3.05) is 18.5 Å². The Hall–Kier alpha value is -2.63. The number of ether oxygens (including phenoxy) is 2. The van der Waals surface area contributed by atoms with Gasteiger partial charge in [-0.25, -0.2) is 9.78 Å². The maximum Gasteiger partial charge on any atom is 0.422 e. The van der Waals surface area contributed by atoms with Crippen molar-refractivity contribution in [3.8, 4) is 5.75 Å². The monoisotopic (exact) mass is 366 g/mol.